The molecule has 0 saturated heterocycles. The number of hydrogen-bond donors (Lipinski definition) is 0. The van der Waals surface area contributed by atoms with Crippen molar-refractivity contribution in [1.82, 2.24) is 9.80 Å². The van der Waals surface area contributed by atoms with Crippen LogP contribution < -0.4 is 4.74 Å². The van der Waals surface area contributed by atoms with E-state index in [0.29, 0.717) is 11.3 Å². The lowest BCUT2D eigenvalue weighted by atomic mass is 9.87. The van der Waals surface area contributed by atoms with E-state index in [2.05, 4.69) is 0 Å². The molecular formula is C24H23F5N2O2. The van der Waals surface area contributed by atoms with Crippen LogP contribution >= 0.6 is 0 Å². The van der Waals surface area contributed by atoms with Crippen molar-refractivity contribution in [1.29, 1.82) is 0 Å². The predicted octanol–water partition coefficient (Wildman–Crippen LogP) is 5.71. The Labute approximate surface area is 188 Å². The molecule has 0 saturated carbocycles. The molecule has 2 heterocycles. The lowest BCUT2D eigenvalue weighted by Crippen LogP contribution is -2.44. The smallest absolute Gasteiger partial charge is 0.458 e. The molecule has 2 aromatic rings. The minimum Gasteiger partial charge on any atom is -0.481 e. The number of benzene rings is 2. The average molecular weight is 466 g/mol. The van der Waals surface area contributed by atoms with Crippen LogP contribution in [0.1, 0.15) is 46.5 Å². The molecule has 2 aliphatic rings. The van der Waals surface area contributed by atoms with Crippen LogP contribution in [-0.2, 0) is 12.5 Å². The standard InChI is InChI=1S/C24H23F5N2O2/c1-13-16(23(25,26)24(27,28)29)10-11-17-18(13)19(20(30(4)5)22(2,3)33-17)31-12-14-8-6-7-9-15(14)21(31)32/h6-11H,12H2,1-5H3. The first kappa shape index (κ1) is 23.1. The summed E-state index contributed by atoms with van der Waals surface area (Å²) in [4.78, 5) is 16.5. The fourth-order valence-electron chi connectivity index (χ4n) is 4.73. The quantitative estimate of drug-likeness (QED) is 0.544. The molecule has 0 aromatic heterocycles. The monoisotopic (exact) mass is 466 g/mol. The Balaban J connectivity index is 2.02. The van der Waals surface area contributed by atoms with Gasteiger partial charge in [-0.2, -0.15) is 22.0 Å². The van der Waals surface area contributed by atoms with Crippen LogP contribution in [0.15, 0.2) is 42.1 Å². The summed E-state index contributed by atoms with van der Waals surface area (Å²) in [6.07, 6.45) is -5.77. The molecule has 0 N–H and O–H groups in total. The largest absolute Gasteiger partial charge is 0.481 e. The second-order valence-corrected chi connectivity index (χ2v) is 8.94. The molecule has 0 unspecified atom stereocenters. The van der Waals surface area contributed by atoms with E-state index in [4.69, 9.17) is 4.74 Å². The van der Waals surface area contributed by atoms with E-state index < -0.39 is 23.3 Å². The van der Waals surface area contributed by atoms with Gasteiger partial charge in [-0.15, -0.1) is 0 Å². The molecule has 2 aromatic carbocycles. The molecule has 0 radical (unpaired) electrons. The third kappa shape index (κ3) is 3.36. The van der Waals surface area contributed by atoms with Crippen LogP contribution in [0.2, 0.25) is 0 Å². The van der Waals surface area contributed by atoms with Gasteiger partial charge < -0.3 is 14.5 Å². The molecule has 33 heavy (non-hydrogen) atoms. The molecule has 4 rings (SSSR count). The number of rotatable bonds is 3. The fraction of sp³-hybridized carbons (Fsp3) is 0.375. The lowest BCUT2D eigenvalue weighted by molar-refractivity contribution is -0.289. The molecule has 1 amide bonds. The van der Waals surface area contributed by atoms with Crippen molar-refractivity contribution in [2.75, 3.05) is 14.1 Å². The number of carbonyl (C=O) groups is 1. The molecule has 0 bridgehead atoms. The zero-order valence-corrected chi connectivity index (χ0v) is 18.8. The molecule has 4 nitrogen and oxygen atoms in total. The van der Waals surface area contributed by atoms with Gasteiger partial charge in [0.2, 0.25) is 0 Å². The maximum Gasteiger partial charge on any atom is 0.458 e. The normalized spacial score (nSPS) is 17.6. The highest BCUT2D eigenvalue weighted by atomic mass is 19.4. The van der Waals surface area contributed by atoms with Crippen molar-refractivity contribution in [2.24, 2.45) is 0 Å². The summed E-state index contributed by atoms with van der Waals surface area (Å²) in [5.74, 6) is -5.28. The Bertz CT molecular complexity index is 1180. The van der Waals surface area contributed by atoms with Crippen molar-refractivity contribution in [3.63, 3.8) is 0 Å². The van der Waals surface area contributed by atoms with Gasteiger partial charge in [0.1, 0.15) is 11.4 Å². The number of amides is 1. The van der Waals surface area contributed by atoms with Crippen molar-refractivity contribution >= 4 is 11.6 Å². The van der Waals surface area contributed by atoms with E-state index in [0.717, 1.165) is 17.7 Å². The summed E-state index contributed by atoms with van der Waals surface area (Å²) in [5.41, 5.74) is -0.421. The SMILES string of the molecule is Cc1c(C(F)(F)C(F)(F)F)ccc2c1C(N1Cc3ccccc3C1=O)=C(N(C)C)C(C)(C)O2. The summed E-state index contributed by atoms with van der Waals surface area (Å²) in [6.45, 7) is 4.88. The summed E-state index contributed by atoms with van der Waals surface area (Å²) < 4.78 is 74.6. The number of hydrogen-bond acceptors (Lipinski definition) is 3. The number of alkyl halides is 5. The molecule has 176 valence electrons. The number of ether oxygens (including phenoxy) is 1. The van der Waals surface area contributed by atoms with E-state index in [1.54, 1.807) is 57.1 Å². The Morgan fingerprint density at radius 2 is 1.67 bits per heavy atom. The van der Waals surface area contributed by atoms with Gasteiger partial charge in [-0.05, 0) is 50.1 Å². The highest BCUT2D eigenvalue weighted by molar-refractivity contribution is 6.04. The van der Waals surface area contributed by atoms with Gasteiger partial charge in [0.05, 0.1) is 17.9 Å². The molecular weight excluding hydrogens is 443 g/mol. The van der Waals surface area contributed by atoms with E-state index in [9.17, 15) is 26.7 Å². The number of likely N-dealkylation sites (N-methyl/N-ethyl adjacent to an activating group) is 1. The topological polar surface area (TPSA) is 32.8 Å². The number of halogens is 5. The van der Waals surface area contributed by atoms with Gasteiger partial charge in [0.15, 0.2) is 0 Å². The molecule has 9 heteroatoms. The maximum absolute atomic E-state index is 14.4. The van der Waals surface area contributed by atoms with Gasteiger partial charge in [-0.1, -0.05) is 18.2 Å². The number of carbonyl (C=O) groups excluding carboxylic acids is 1. The fourth-order valence-corrected chi connectivity index (χ4v) is 4.73. The Morgan fingerprint density at radius 3 is 2.24 bits per heavy atom. The van der Waals surface area contributed by atoms with Crippen LogP contribution in [-0.4, -0.2) is 41.6 Å². The minimum absolute atomic E-state index is 0.0561. The lowest BCUT2D eigenvalue weighted by Gasteiger charge is -2.43. The van der Waals surface area contributed by atoms with E-state index in [-0.39, 0.29) is 35.0 Å². The third-order valence-electron chi connectivity index (χ3n) is 6.06. The first-order chi connectivity index (χ1) is 15.2. The highest BCUT2D eigenvalue weighted by Crippen LogP contribution is 2.51. The molecule has 0 fully saturated rings. The summed E-state index contributed by atoms with van der Waals surface area (Å²) in [7, 11) is 3.42. The van der Waals surface area contributed by atoms with Crippen LogP contribution in [0.25, 0.3) is 5.70 Å². The predicted molar refractivity (Wildman–Crippen MR) is 113 cm³/mol. The van der Waals surface area contributed by atoms with E-state index in [1.807, 2.05) is 0 Å². The zero-order valence-electron chi connectivity index (χ0n) is 18.8. The van der Waals surface area contributed by atoms with Crippen molar-refractivity contribution in [3.8, 4) is 5.75 Å². The van der Waals surface area contributed by atoms with Gasteiger partial charge in [-0.3, -0.25) is 4.79 Å². The second-order valence-electron chi connectivity index (χ2n) is 8.94. The molecule has 2 aliphatic heterocycles. The van der Waals surface area contributed by atoms with Crippen LogP contribution in [0.5, 0.6) is 5.75 Å². The van der Waals surface area contributed by atoms with E-state index in [1.165, 1.54) is 11.8 Å². The summed E-state index contributed by atoms with van der Waals surface area (Å²) in [6, 6.07) is 8.83. The van der Waals surface area contributed by atoms with Gasteiger partial charge in [-0.25, -0.2) is 0 Å². The van der Waals surface area contributed by atoms with Crippen LogP contribution in [0.4, 0.5) is 22.0 Å². The Morgan fingerprint density at radius 1 is 1.03 bits per heavy atom. The Hall–Kier alpha value is -3.10. The molecule has 0 atom stereocenters. The minimum atomic E-state index is -5.77. The Kier molecular flexibility index (Phi) is 5.03. The average Bonchev–Trinajstić information content (AvgIpc) is 3.01. The van der Waals surface area contributed by atoms with Crippen molar-refractivity contribution in [2.45, 2.75) is 45.0 Å². The van der Waals surface area contributed by atoms with Crippen LogP contribution in [0.3, 0.4) is 0 Å². The molecule has 0 aliphatic carbocycles. The van der Waals surface area contributed by atoms with Crippen LogP contribution in [0, 0.1) is 6.92 Å². The first-order valence-corrected chi connectivity index (χ1v) is 10.3. The van der Waals surface area contributed by atoms with Crippen molar-refractivity contribution < 1.29 is 31.5 Å². The second kappa shape index (κ2) is 7.20. The van der Waals surface area contributed by atoms with Crippen molar-refractivity contribution in [3.05, 3.63) is 69.9 Å². The van der Waals surface area contributed by atoms with E-state index >= 15 is 0 Å². The summed E-state index contributed by atoms with van der Waals surface area (Å²) >= 11 is 0. The summed E-state index contributed by atoms with van der Waals surface area (Å²) in [5, 5.41) is 0. The van der Waals surface area contributed by atoms with Gasteiger partial charge >= 0.3 is 12.1 Å². The zero-order chi connectivity index (χ0) is 24.5. The first-order valence-electron chi connectivity index (χ1n) is 10.3. The third-order valence-corrected chi connectivity index (χ3v) is 6.06. The highest BCUT2D eigenvalue weighted by Gasteiger charge is 2.60. The number of fused-ring (bicyclic) bond motifs is 2. The van der Waals surface area contributed by atoms with Gasteiger partial charge in [0.25, 0.3) is 5.91 Å². The maximum atomic E-state index is 14.4. The number of nitrogens with zero attached hydrogens (tertiary/aromatic N) is 2. The molecule has 0 spiro atoms. The van der Waals surface area contributed by atoms with Gasteiger partial charge in [0, 0.05) is 30.8 Å².